The summed E-state index contributed by atoms with van der Waals surface area (Å²) in [6, 6.07) is 8.60. The number of anilines is 1. The molecule has 1 aromatic carbocycles. The average Bonchev–Trinajstić information content (AvgIpc) is 2.24. The fourth-order valence-corrected chi connectivity index (χ4v) is 2.50. The molecule has 1 nitrogen and oxygen atoms in total. The number of benzene rings is 1. The predicted octanol–water partition coefficient (Wildman–Crippen LogP) is 4.33. The molecule has 1 aromatic rings. The minimum Gasteiger partial charge on any atom is -0.381 e. The summed E-state index contributed by atoms with van der Waals surface area (Å²) >= 11 is 6.13. The molecule has 0 aromatic heterocycles. The summed E-state index contributed by atoms with van der Waals surface area (Å²) in [4.78, 5) is 0. The molecule has 2 unspecified atom stereocenters. The molecule has 0 radical (unpaired) electrons. The number of halogens is 1. The number of nitrogens with one attached hydrogen (secondary N) is 1. The van der Waals surface area contributed by atoms with E-state index in [4.69, 9.17) is 11.6 Å². The summed E-state index contributed by atoms with van der Waals surface area (Å²) in [5.74, 6) is 0.759. The van der Waals surface area contributed by atoms with Crippen LogP contribution in [0.2, 0.25) is 5.02 Å². The van der Waals surface area contributed by atoms with Gasteiger partial charge in [-0.2, -0.15) is 0 Å². The van der Waals surface area contributed by atoms with Gasteiger partial charge in [0.25, 0.3) is 0 Å². The second-order valence-corrected chi connectivity index (χ2v) is 4.90. The van der Waals surface area contributed by atoms with Gasteiger partial charge in [-0.05, 0) is 30.9 Å². The first-order valence-corrected chi connectivity index (χ1v) is 6.16. The Bertz CT molecular complexity index is 324. The van der Waals surface area contributed by atoms with E-state index in [2.05, 4.69) is 18.3 Å². The average molecular weight is 224 g/mol. The Kier molecular flexibility index (Phi) is 3.53. The Labute approximate surface area is 96.8 Å². The quantitative estimate of drug-likeness (QED) is 0.787. The maximum absolute atomic E-state index is 6.13. The molecular formula is C13H18ClN. The van der Waals surface area contributed by atoms with Crippen molar-refractivity contribution in [3.63, 3.8) is 0 Å². The smallest absolute Gasteiger partial charge is 0.0637 e. The molecule has 0 spiro atoms. The number of rotatable bonds is 2. The first-order chi connectivity index (χ1) is 7.27. The lowest BCUT2D eigenvalue weighted by atomic mass is 9.86. The van der Waals surface area contributed by atoms with Crippen LogP contribution < -0.4 is 5.32 Å². The van der Waals surface area contributed by atoms with Gasteiger partial charge in [-0.15, -0.1) is 0 Å². The third-order valence-corrected chi connectivity index (χ3v) is 3.66. The van der Waals surface area contributed by atoms with E-state index in [1.807, 2.05) is 18.2 Å². The van der Waals surface area contributed by atoms with Crippen LogP contribution >= 0.6 is 11.6 Å². The molecule has 2 heteroatoms. The van der Waals surface area contributed by atoms with E-state index in [9.17, 15) is 0 Å². The van der Waals surface area contributed by atoms with Gasteiger partial charge in [0, 0.05) is 6.04 Å². The minimum atomic E-state index is 0.596. The fraction of sp³-hybridized carbons (Fsp3) is 0.538. The third kappa shape index (κ3) is 2.66. The summed E-state index contributed by atoms with van der Waals surface area (Å²) in [5.41, 5.74) is 1.08. The maximum Gasteiger partial charge on any atom is 0.0637 e. The molecule has 15 heavy (non-hydrogen) atoms. The lowest BCUT2D eigenvalue weighted by Gasteiger charge is -2.30. The summed E-state index contributed by atoms with van der Waals surface area (Å²) in [6.07, 6.45) is 5.32. The summed E-state index contributed by atoms with van der Waals surface area (Å²) in [5, 5.41) is 4.40. The lowest BCUT2D eigenvalue weighted by molar-refractivity contribution is 0.349. The van der Waals surface area contributed by atoms with Crippen LogP contribution in [0.15, 0.2) is 24.3 Å². The highest BCUT2D eigenvalue weighted by Gasteiger charge is 2.21. The normalized spacial score (nSPS) is 26.3. The Balaban J connectivity index is 2.04. The zero-order valence-electron chi connectivity index (χ0n) is 9.17. The Morgan fingerprint density at radius 2 is 1.93 bits per heavy atom. The van der Waals surface area contributed by atoms with Gasteiger partial charge < -0.3 is 5.32 Å². The van der Waals surface area contributed by atoms with Crippen molar-refractivity contribution in [3.8, 4) is 0 Å². The van der Waals surface area contributed by atoms with Crippen LogP contribution in [-0.2, 0) is 0 Å². The molecule has 0 amide bonds. The number of hydrogen-bond donors (Lipinski definition) is 1. The summed E-state index contributed by atoms with van der Waals surface area (Å²) < 4.78 is 0. The Hall–Kier alpha value is -0.690. The van der Waals surface area contributed by atoms with E-state index in [-0.39, 0.29) is 0 Å². The fourth-order valence-electron chi connectivity index (χ4n) is 2.31. The monoisotopic (exact) mass is 223 g/mol. The van der Waals surface area contributed by atoms with Crippen LogP contribution in [0, 0.1) is 5.92 Å². The zero-order valence-corrected chi connectivity index (χ0v) is 9.93. The molecule has 0 saturated heterocycles. The van der Waals surface area contributed by atoms with Crippen molar-refractivity contribution in [2.75, 3.05) is 5.32 Å². The SMILES string of the molecule is CC1CCCCC1Nc1ccccc1Cl. The summed E-state index contributed by atoms with van der Waals surface area (Å²) in [6.45, 7) is 2.33. The molecule has 2 atom stereocenters. The Morgan fingerprint density at radius 1 is 1.20 bits per heavy atom. The van der Waals surface area contributed by atoms with Crippen LogP contribution in [0.1, 0.15) is 32.6 Å². The van der Waals surface area contributed by atoms with Crippen LogP contribution in [0.25, 0.3) is 0 Å². The molecule has 1 fully saturated rings. The first kappa shape index (κ1) is 10.8. The zero-order chi connectivity index (χ0) is 10.7. The largest absolute Gasteiger partial charge is 0.381 e. The molecule has 0 aliphatic heterocycles. The van der Waals surface area contributed by atoms with Crippen molar-refractivity contribution in [1.82, 2.24) is 0 Å². The number of hydrogen-bond acceptors (Lipinski definition) is 1. The highest BCUT2D eigenvalue weighted by molar-refractivity contribution is 6.33. The van der Waals surface area contributed by atoms with Crippen molar-refractivity contribution < 1.29 is 0 Å². The number of para-hydroxylation sites is 1. The van der Waals surface area contributed by atoms with E-state index >= 15 is 0 Å². The molecule has 1 aliphatic carbocycles. The Morgan fingerprint density at radius 3 is 2.67 bits per heavy atom. The maximum atomic E-state index is 6.13. The van der Waals surface area contributed by atoms with Crippen LogP contribution in [0.3, 0.4) is 0 Å². The van der Waals surface area contributed by atoms with Gasteiger partial charge in [0.2, 0.25) is 0 Å². The molecule has 0 heterocycles. The molecule has 2 rings (SSSR count). The summed E-state index contributed by atoms with van der Waals surface area (Å²) in [7, 11) is 0. The second kappa shape index (κ2) is 4.89. The van der Waals surface area contributed by atoms with Crippen molar-refractivity contribution in [2.24, 2.45) is 5.92 Å². The van der Waals surface area contributed by atoms with E-state index in [0.29, 0.717) is 6.04 Å². The first-order valence-electron chi connectivity index (χ1n) is 5.78. The van der Waals surface area contributed by atoms with Gasteiger partial charge in [0.15, 0.2) is 0 Å². The molecule has 1 aliphatic rings. The van der Waals surface area contributed by atoms with Gasteiger partial charge in [-0.1, -0.05) is 43.5 Å². The van der Waals surface area contributed by atoms with E-state index in [0.717, 1.165) is 16.6 Å². The predicted molar refractivity (Wildman–Crippen MR) is 66.5 cm³/mol. The molecule has 82 valence electrons. The van der Waals surface area contributed by atoms with Crippen molar-refractivity contribution in [1.29, 1.82) is 0 Å². The highest BCUT2D eigenvalue weighted by atomic mass is 35.5. The third-order valence-electron chi connectivity index (χ3n) is 3.33. The molecule has 1 saturated carbocycles. The molecule has 1 N–H and O–H groups in total. The van der Waals surface area contributed by atoms with Crippen LogP contribution in [0.4, 0.5) is 5.69 Å². The van der Waals surface area contributed by atoms with E-state index < -0.39 is 0 Å². The van der Waals surface area contributed by atoms with Crippen molar-refractivity contribution >= 4 is 17.3 Å². The van der Waals surface area contributed by atoms with Gasteiger partial charge in [-0.3, -0.25) is 0 Å². The van der Waals surface area contributed by atoms with E-state index in [1.54, 1.807) is 0 Å². The standard InChI is InChI=1S/C13H18ClN/c1-10-6-2-4-8-12(10)15-13-9-5-3-7-11(13)14/h3,5,7,9-10,12,15H,2,4,6,8H2,1H3. The minimum absolute atomic E-state index is 0.596. The van der Waals surface area contributed by atoms with E-state index in [1.165, 1.54) is 25.7 Å². The lowest BCUT2D eigenvalue weighted by Crippen LogP contribution is -2.30. The molecule has 0 bridgehead atoms. The topological polar surface area (TPSA) is 12.0 Å². The van der Waals surface area contributed by atoms with Crippen LogP contribution in [-0.4, -0.2) is 6.04 Å². The van der Waals surface area contributed by atoms with Gasteiger partial charge in [-0.25, -0.2) is 0 Å². The van der Waals surface area contributed by atoms with Gasteiger partial charge in [0.05, 0.1) is 10.7 Å². The molecular weight excluding hydrogens is 206 g/mol. The van der Waals surface area contributed by atoms with Gasteiger partial charge in [0.1, 0.15) is 0 Å². The van der Waals surface area contributed by atoms with Crippen molar-refractivity contribution in [3.05, 3.63) is 29.3 Å². The van der Waals surface area contributed by atoms with Gasteiger partial charge >= 0.3 is 0 Å². The highest BCUT2D eigenvalue weighted by Crippen LogP contribution is 2.29. The second-order valence-electron chi connectivity index (χ2n) is 4.49. The van der Waals surface area contributed by atoms with Crippen LogP contribution in [0.5, 0.6) is 0 Å². The van der Waals surface area contributed by atoms with Crippen molar-refractivity contribution in [2.45, 2.75) is 38.6 Å².